The highest BCUT2D eigenvalue weighted by Gasteiger charge is 2.54. The van der Waals surface area contributed by atoms with Gasteiger partial charge in [0.2, 0.25) is 0 Å². The van der Waals surface area contributed by atoms with Crippen LogP contribution in [0.5, 0.6) is 0 Å². The number of likely N-dealkylation sites (N-methyl/N-ethyl adjacent to an activating group) is 1. The standard InChI is InChI=1S/C20H17Cl2N5/c1-2-27-7-6-12-14(8-23)19(26)20(10-24,11-25)17(15(12)9-27)13-4-3-5-16(21)18(13)22/h3-6,15,17H,2,7,9,26H2,1H3/t15-,17+/m1/s1. The quantitative estimate of drug-likeness (QED) is 0.818. The third-order valence-electron chi connectivity index (χ3n) is 5.50. The molecule has 1 aliphatic heterocycles. The summed E-state index contributed by atoms with van der Waals surface area (Å²) >= 11 is 12.7. The number of benzene rings is 1. The molecule has 1 heterocycles. The van der Waals surface area contributed by atoms with Crippen molar-refractivity contribution in [2.24, 2.45) is 17.1 Å². The first-order valence-corrected chi connectivity index (χ1v) is 9.30. The average Bonchev–Trinajstić information content (AvgIpc) is 2.69. The van der Waals surface area contributed by atoms with Gasteiger partial charge >= 0.3 is 0 Å². The van der Waals surface area contributed by atoms with E-state index in [1.54, 1.807) is 18.2 Å². The fraction of sp³-hybridized carbons (Fsp3) is 0.350. The molecular weight excluding hydrogens is 381 g/mol. The van der Waals surface area contributed by atoms with E-state index in [2.05, 4.69) is 23.1 Å². The third-order valence-corrected chi connectivity index (χ3v) is 6.34. The monoisotopic (exact) mass is 397 g/mol. The Morgan fingerprint density at radius 2 is 1.96 bits per heavy atom. The fourth-order valence-electron chi connectivity index (χ4n) is 4.10. The molecule has 3 rings (SSSR count). The summed E-state index contributed by atoms with van der Waals surface area (Å²) in [5, 5.41) is 30.4. The van der Waals surface area contributed by atoms with Crippen molar-refractivity contribution in [2.75, 3.05) is 19.6 Å². The van der Waals surface area contributed by atoms with E-state index in [0.717, 1.165) is 12.1 Å². The van der Waals surface area contributed by atoms with Gasteiger partial charge in [-0.2, -0.15) is 15.8 Å². The number of halogens is 2. The van der Waals surface area contributed by atoms with Gasteiger partial charge in [0.1, 0.15) is 6.07 Å². The molecule has 2 aliphatic rings. The van der Waals surface area contributed by atoms with Crippen LogP contribution in [0.15, 0.2) is 41.1 Å². The first-order valence-electron chi connectivity index (χ1n) is 8.54. The first kappa shape index (κ1) is 19.3. The molecule has 1 aliphatic carbocycles. The number of nitrogens with zero attached hydrogens (tertiary/aromatic N) is 4. The minimum atomic E-state index is -1.70. The van der Waals surface area contributed by atoms with Crippen LogP contribution in [0, 0.1) is 45.3 Å². The topological polar surface area (TPSA) is 101 Å². The maximum Gasteiger partial charge on any atom is 0.191 e. The Bertz CT molecular complexity index is 960. The van der Waals surface area contributed by atoms with Crippen LogP contribution in [0.2, 0.25) is 10.0 Å². The highest BCUT2D eigenvalue weighted by Crippen LogP contribution is 2.55. The van der Waals surface area contributed by atoms with Crippen molar-refractivity contribution in [3.05, 3.63) is 56.7 Å². The van der Waals surface area contributed by atoms with Crippen molar-refractivity contribution in [2.45, 2.75) is 12.8 Å². The van der Waals surface area contributed by atoms with E-state index >= 15 is 0 Å². The van der Waals surface area contributed by atoms with Gasteiger partial charge in [-0.3, -0.25) is 4.90 Å². The number of nitriles is 3. The number of fused-ring (bicyclic) bond motifs is 1. The highest BCUT2D eigenvalue weighted by molar-refractivity contribution is 6.42. The zero-order chi connectivity index (χ0) is 19.8. The molecule has 2 atom stereocenters. The molecule has 0 saturated carbocycles. The van der Waals surface area contributed by atoms with E-state index in [0.29, 0.717) is 28.7 Å². The molecule has 0 amide bonds. The van der Waals surface area contributed by atoms with Gasteiger partial charge in [0.25, 0.3) is 0 Å². The summed E-state index contributed by atoms with van der Waals surface area (Å²) in [5.41, 5.74) is 6.16. The Hall–Kier alpha value is -2.49. The fourth-order valence-corrected chi connectivity index (χ4v) is 4.53. The minimum absolute atomic E-state index is 0.0107. The van der Waals surface area contributed by atoms with Crippen molar-refractivity contribution in [3.8, 4) is 18.2 Å². The van der Waals surface area contributed by atoms with Crippen molar-refractivity contribution in [1.29, 1.82) is 15.8 Å². The van der Waals surface area contributed by atoms with Gasteiger partial charge < -0.3 is 5.73 Å². The second-order valence-corrected chi connectivity index (χ2v) is 7.46. The molecule has 1 aromatic rings. The predicted molar refractivity (Wildman–Crippen MR) is 103 cm³/mol. The molecule has 0 radical (unpaired) electrons. The Morgan fingerprint density at radius 3 is 2.56 bits per heavy atom. The molecular formula is C20H17Cl2N5. The summed E-state index contributed by atoms with van der Waals surface area (Å²) in [6.07, 6.45) is 1.97. The summed E-state index contributed by atoms with van der Waals surface area (Å²) in [4.78, 5) is 2.19. The number of hydrogen-bond acceptors (Lipinski definition) is 5. The lowest BCUT2D eigenvalue weighted by Gasteiger charge is -2.45. The van der Waals surface area contributed by atoms with E-state index in [1.165, 1.54) is 0 Å². The summed E-state index contributed by atoms with van der Waals surface area (Å²) in [7, 11) is 0. The summed E-state index contributed by atoms with van der Waals surface area (Å²) < 4.78 is 0. The van der Waals surface area contributed by atoms with Crippen molar-refractivity contribution < 1.29 is 0 Å². The Morgan fingerprint density at radius 1 is 1.26 bits per heavy atom. The number of hydrogen-bond donors (Lipinski definition) is 1. The average molecular weight is 398 g/mol. The summed E-state index contributed by atoms with van der Waals surface area (Å²) in [6, 6.07) is 11.5. The molecule has 0 spiro atoms. The molecule has 27 heavy (non-hydrogen) atoms. The van der Waals surface area contributed by atoms with Crippen LogP contribution in [-0.2, 0) is 0 Å². The predicted octanol–water partition coefficient (Wildman–Crippen LogP) is 3.74. The molecule has 7 heteroatoms. The SMILES string of the molecule is CCN1CC=C2C(C#N)=C(N)C(C#N)(C#N)[C@@H](c3cccc(Cl)c3Cl)[C@@H]2C1. The lowest BCUT2D eigenvalue weighted by atomic mass is 9.58. The van der Waals surface area contributed by atoms with E-state index < -0.39 is 11.3 Å². The second kappa shape index (κ2) is 7.26. The van der Waals surface area contributed by atoms with Gasteiger partial charge in [-0.1, -0.05) is 48.3 Å². The molecule has 1 aromatic carbocycles. The molecule has 2 N–H and O–H groups in total. The van der Waals surface area contributed by atoms with Gasteiger partial charge in [0.15, 0.2) is 5.41 Å². The molecule has 0 bridgehead atoms. The first-order chi connectivity index (χ1) is 12.9. The lowest BCUT2D eigenvalue weighted by Crippen LogP contribution is -2.48. The maximum atomic E-state index is 10.0. The van der Waals surface area contributed by atoms with Gasteiger partial charge in [-0.05, 0) is 23.7 Å². The summed E-state index contributed by atoms with van der Waals surface area (Å²) in [6.45, 7) is 4.13. The normalized spacial score (nSPS) is 24.2. The van der Waals surface area contributed by atoms with Crippen LogP contribution in [0.3, 0.4) is 0 Å². The molecule has 0 aromatic heterocycles. The third kappa shape index (κ3) is 2.78. The zero-order valence-corrected chi connectivity index (χ0v) is 16.2. The van der Waals surface area contributed by atoms with Crippen LogP contribution in [0.4, 0.5) is 0 Å². The van der Waals surface area contributed by atoms with Crippen molar-refractivity contribution in [3.63, 3.8) is 0 Å². The van der Waals surface area contributed by atoms with Crippen LogP contribution >= 0.6 is 23.2 Å². The Balaban J connectivity index is 2.36. The Labute approximate surface area is 168 Å². The van der Waals surface area contributed by atoms with Crippen LogP contribution in [0.1, 0.15) is 18.4 Å². The van der Waals surface area contributed by atoms with Gasteiger partial charge in [0.05, 0.1) is 33.5 Å². The number of rotatable bonds is 2. The summed E-state index contributed by atoms with van der Waals surface area (Å²) in [5.74, 6) is -0.896. The second-order valence-electron chi connectivity index (χ2n) is 6.67. The molecule has 0 unspecified atom stereocenters. The van der Waals surface area contributed by atoms with Gasteiger partial charge in [-0.15, -0.1) is 0 Å². The lowest BCUT2D eigenvalue weighted by molar-refractivity contribution is 0.214. The van der Waals surface area contributed by atoms with Gasteiger partial charge in [-0.25, -0.2) is 0 Å². The maximum absolute atomic E-state index is 10.0. The minimum Gasteiger partial charge on any atom is -0.399 e. The van der Waals surface area contributed by atoms with E-state index in [9.17, 15) is 15.8 Å². The smallest absolute Gasteiger partial charge is 0.191 e. The van der Waals surface area contributed by atoms with Crippen LogP contribution in [-0.4, -0.2) is 24.5 Å². The van der Waals surface area contributed by atoms with Gasteiger partial charge in [0, 0.05) is 24.9 Å². The van der Waals surface area contributed by atoms with E-state index in [1.807, 2.05) is 13.0 Å². The number of nitrogens with two attached hydrogens (primary N) is 1. The Kier molecular flexibility index (Phi) is 5.18. The zero-order valence-electron chi connectivity index (χ0n) is 14.7. The molecule has 5 nitrogen and oxygen atoms in total. The number of allylic oxidation sites excluding steroid dienone is 2. The van der Waals surface area contributed by atoms with Crippen molar-refractivity contribution in [1.82, 2.24) is 4.90 Å². The van der Waals surface area contributed by atoms with Crippen LogP contribution in [0.25, 0.3) is 0 Å². The molecule has 0 fully saturated rings. The van der Waals surface area contributed by atoms with E-state index in [-0.39, 0.29) is 17.2 Å². The molecule has 136 valence electrons. The van der Waals surface area contributed by atoms with Crippen molar-refractivity contribution >= 4 is 23.2 Å². The van der Waals surface area contributed by atoms with Crippen LogP contribution < -0.4 is 5.73 Å². The highest BCUT2D eigenvalue weighted by atomic mass is 35.5. The van der Waals surface area contributed by atoms with E-state index in [4.69, 9.17) is 28.9 Å². The molecule has 0 saturated heterocycles. The largest absolute Gasteiger partial charge is 0.399 e.